The Labute approximate surface area is 450 Å². The largest absolute Gasteiger partial charge is 0.405 e. The highest BCUT2D eigenvalue weighted by atomic mass is 31.2. The van der Waals surface area contributed by atoms with Crippen LogP contribution in [0, 0.1) is 0 Å². The van der Waals surface area contributed by atoms with E-state index >= 15 is 0 Å². The van der Waals surface area contributed by atoms with Crippen LogP contribution in [0.1, 0.15) is 406 Å². The SMILES string of the molecule is CCCCCCCCCCCCCCCCCCCCCCCCCCCCCN(CCCCCCCCCCCCCCCCCCCCCCCCCCCCC)P(=O)(O)OCCCCCCCC. The van der Waals surface area contributed by atoms with E-state index in [1.807, 2.05) is 4.67 Å². The van der Waals surface area contributed by atoms with Gasteiger partial charge >= 0.3 is 7.75 Å². The molecule has 0 fully saturated rings. The van der Waals surface area contributed by atoms with Crippen LogP contribution in [0.3, 0.4) is 0 Å². The van der Waals surface area contributed by atoms with Gasteiger partial charge in [-0.3, -0.25) is 4.52 Å². The van der Waals surface area contributed by atoms with Crippen molar-refractivity contribution < 1.29 is 14.0 Å². The maximum absolute atomic E-state index is 13.5. The van der Waals surface area contributed by atoms with Crippen molar-refractivity contribution >= 4 is 7.75 Å². The molecule has 1 unspecified atom stereocenters. The quantitative estimate of drug-likeness (QED) is 0.0487. The van der Waals surface area contributed by atoms with Crippen molar-refractivity contribution in [3.05, 3.63) is 0 Å². The second-order valence-electron chi connectivity index (χ2n) is 23.4. The van der Waals surface area contributed by atoms with Gasteiger partial charge in [0.05, 0.1) is 6.61 Å². The molecule has 0 saturated heterocycles. The Morgan fingerprint density at radius 1 is 0.239 bits per heavy atom. The second kappa shape index (κ2) is 62.6. The lowest BCUT2D eigenvalue weighted by atomic mass is 10.0. The molecule has 0 aliphatic heterocycles. The number of nitrogens with zero attached hydrogens (tertiary/aromatic N) is 1. The van der Waals surface area contributed by atoms with Gasteiger partial charge in [0.25, 0.3) is 0 Å². The highest BCUT2D eigenvalue weighted by Crippen LogP contribution is 2.47. The van der Waals surface area contributed by atoms with E-state index in [0.29, 0.717) is 19.7 Å². The van der Waals surface area contributed by atoms with Crippen molar-refractivity contribution in [1.82, 2.24) is 4.67 Å². The summed E-state index contributed by atoms with van der Waals surface area (Å²) in [5.74, 6) is 0. The van der Waals surface area contributed by atoms with Gasteiger partial charge in [-0.15, -0.1) is 0 Å². The zero-order valence-corrected chi connectivity index (χ0v) is 50.6. The Bertz CT molecular complexity index is 934. The minimum absolute atomic E-state index is 0.412. The summed E-state index contributed by atoms with van der Waals surface area (Å²) < 4.78 is 21.1. The Balaban J connectivity index is 3.85. The molecule has 4 nitrogen and oxygen atoms in total. The summed E-state index contributed by atoms with van der Waals surface area (Å²) in [4.78, 5) is 11.1. The highest BCUT2D eigenvalue weighted by Gasteiger charge is 2.28. The second-order valence-corrected chi connectivity index (χ2v) is 25.2. The summed E-state index contributed by atoms with van der Waals surface area (Å²) in [6.45, 7) is 8.67. The highest BCUT2D eigenvalue weighted by molar-refractivity contribution is 7.50. The average molecular weight is 1020 g/mol. The van der Waals surface area contributed by atoms with Gasteiger partial charge in [0, 0.05) is 13.1 Å². The molecule has 1 atom stereocenters. The van der Waals surface area contributed by atoms with Crippen LogP contribution in [0.25, 0.3) is 0 Å². The average Bonchev–Trinajstić information content (AvgIpc) is 3.37. The van der Waals surface area contributed by atoms with Crippen molar-refractivity contribution in [1.29, 1.82) is 0 Å². The third-order valence-corrected chi connectivity index (χ3v) is 17.8. The van der Waals surface area contributed by atoms with Gasteiger partial charge in [-0.2, -0.15) is 0 Å². The third kappa shape index (κ3) is 59.2. The first-order valence-electron chi connectivity index (χ1n) is 33.8. The minimum atomic E-state index is -3.73. The van der Waals surface area contributed by atoms with Crippen LogP contribution in [0.4, 0.5) is 0 Å². The van der Waals surface area contributed by atoms with Crippen molar-refractivity contribution in [3.8, 4) is 0 Å². The standard InChI is InChI=1S/C66H136NO3P/c1-4-7-10-13-16-18-20-22-24-26-28-30-32-34-36-38-40-42-44-46-48-50-52-54-56-58-61-64-67(71(68,69)70-66-63-60-15-12-9-6-3)65-62-59-57-55-53-51-49-47-45-43-41-39-37-35-33-31-29-27-25-23-21-19-17-14-11-8-5-2/h4-66H2,1-3H3,(H,68,69). The molecule has 1 N–H and O–H groups in total. The van der Waals surface area contributed by atoms with E-state index in [1.165, 1.54) is 347 Å². The fraction of sp³-hybridized carbons (Fsp3) is 1.00. The van der Waals surface area contributed by atoms with E-state index in [2.05, 4.69) is 20.8 Å². The Morgan fingerprint density at radius 2 is 0.380 bits per heavy atom. The lowest BCUT2D eigenvalue weighted by Crippen LogP contribution is -2.24. The fourth-order valence-electron chi connectivity index (χ4n) is 11.1. The molecular formula is C66H136NO3P. The number of unbranched alkanes of at least 4 members (excludes halogenated alkanes) is 57. The van der Waals surface area contributed by atoms with Crippen LogP contribution in [-0.2, 0) is 9.09 Å². The Kier molecular flexibility index (Phi) is 62.7. The smallest absolute Gasteiger partial charge is 0.312 e. The number of hydrogen-bond donors (Lipinski definition) is 1. The summed E-state index contributed by atoms with van der Waals surface area (Å²) in [7, 11) is -3.73. The molecule has 0 spiro atoms. The molecule has 0 rings (SSSR count). The van der Waals surface area contributed by atoms with E-state index in [1.54, 1.807) is 0 Å². The maximum atomic E-state index is 13.5. The van der Waals surface area contributed by atoms with Gasteiger partial charge in [-0.05, 0) is 19.3 Å². The topological polar surface area (TPSA) is 49.8 Å². The van der Waals surface area contributed by atoms with Crippen LogP contribution < -0.4 is 0 Å². The first-order chi connectivity index (χ1) is 35.1. The summed E-state index contributed by atoms with van der Waals surface area (Å²) >= 11 is 0. The normalized spacial score (nSPS) is 12.7. The van der Waals surface area contributed by atoms with Crippen molar-refractivity contribution in [2.24, 2.45) is 0 Å². The summed E-state index contributed by atoms with van der Waals surface area (Å²) in [5, 5.41) is 0. The zero-order chi connectivity index (χ0) is 51.3. The molecule has 0 heterocycles. The fourth-order valence-corrected chi connectivity index (χ4v) is 12.4. The summed E-state index contributed by atoms with van der Waals surface area (Å²) in [5.41, 5.74) is 0. The van der Waals surface area contributed by atoms with E-state index in [4.69, 9.17) is 4.52 Å². The number of hydrogen-bond acceptors (Lipinski definition) is 2. The van der Waals surface area contributed by atoms with E-state index < -0.39 is 7.75 Å². The predicted molar refractivity (Wildman–Crippen MR) is 321 cm³/mol. The lowest BCUT2D eigenvalue weighted by Gasteiger charge is -2.26. The molecule has 0 aromatic carbocycles. The molecule has 0 aliphatic rings. The minimum Gasteiger partial charge on any atom is -0.312 e. The molecule has 0 aromatic rings. The molecule has 0 aromatic heterocycles. The van der Waals surface area contributed by atoms with Crippen LogP contribution in [-0.4, -0.2) is 29.3 Å². The van der Waals surface area contributed by atoms with E-state index in [0.717, 1.165) is 38.5 Å². The molecule has 0 bridgehead atoms. The number of rotatable bonds is 65. The summed E-state index contributed by atoms with van der Waals surface area (Å²) in [6, 6.07) is 0. The zero-order valence-electron chi connectivity index (χ0n) is 49.7. The first kappa shape index (κ1) is 71.1. The predicted octanol–water partition coefficient (Wildman–Crippen LogP) is 24.9. The molecule has 5 heteroatoms. The third-order valence-electron chi connectivity index (χ3n) is 16.2. The van der Waals surface area contributed by atoms with Crippen molar-refractivity contribution in [3.63, 3.8) is 0 Å². The molecule has 428 valence electrons. The van der Waals surface area contributed by atoms with Gasteiger partial charge in [0.2, 0.25) is 0 Å². The lowest BCUT2D eigenvalue weighted by molar-refractivity contribution is 0.194. The molecule has 0 saturated carbocycles. The summed E-state index contributed by atoms with van der Waals surface area (Å²) in [6.07, 6.45) is 82.7. The van der Waals surface area contributed by atoms with Crippen LogP contribution in [0.15, 0.2) is 0 Å². The molecule has 0 radical (unpaired) electrons. The van der Waals surface area contributed by atoms with Gasteiger partial charge < -0.3 is 4.89 Å². The first-order valence-corrected chi connectivity index (χ1v) is 35.3. The Morgan fingerprint density at radius 3 is 0.549 bits per heavy atom. The van der Waals surface area contributed by atoms with Crippen LogP contribution >= 0.6 is 7.75 Å². The van der Waals surface area contributed by atoms with Gasteiger partial charge in [-0.25, -0.2) is 9.24 Å². The van der Waals surface area contributed by atoms with Crippen LogP contribution in [0.5, 0.6) is 0 Å². The molecule has 0 aliphatic carbocycles. The van der Waals surface area contributed by atoms with E-state index in [-0.39, 0.29) is 0 Å². The molecule has 71 heavy (non-hydrogen) atoms. The van der Waals surface area contributed by atoms with Gasteiger partial charge in [0.1, 0.15) is 0 Å². The van der Waals surface area contributed by atoms with Crippen LogP contribution in [0.2, 0.25) is 0 Å². The monoisotopic (exact) mass is 1020 g/mol. The Hall–Kier alpha value is 0.110. The molecular weight excluding hydrogens is 886 g/mol. The van der Waals surface area contributed by atoms with Crippen molar-refractivity contribution in [2.75, 3.05) is 19.7 Å². The van der Waals surface area contributed by atoms with Crippen molar-refractivity contribution in [2.45, 2.75) is 406 Å². The maximum Gasteiger partial charge on any atom is 0.405 e. The van der Waals surface area contributed by atoms with Gasteiger partial charge in [-0.1, -0.05) is 387 Å². The van der Waals surface area contributed by atoms with Gasteiger partial charge in [0.15, 0.2) is 0 Å². The van der Waals surface area contributed by atoms with E-state index in [9.17, 15) is 9.46 Å². The molecule has 0 amide bonds.